The van der Waals surface area contributed by atoms with Gasteiger partial charge in [0.25, 0.3) is 5.91 Å². The molecule has 10 heteroatoms. The van der Waals surface area contributed by atoms with Crippen LogP contribution in [0.15, 0.2) is 90.0 Å². The summed E-state index contributed by atoms with van der Waals surface area (Å²) in [6.45, 7) is 1.69. The minimum absolute atomic E-state index is 0.159. The summed E-state index contributed by atoms with van der Waals surface area (Å²) < 4.78 is 41.9. The van der Waals surface area contributed by atoms with Crippen LogP contribution in [0.5, 0.6) is 0 Å². The van der Waals surface area contributed by atoms with Crippen molar-refractivity contribution < 1.29 is 27.5 Å². The number of aryl methyl sites for hydroxylation is 1. The molecule has 0 spiro atoms. The highest BCUT2D eigenvalue weighted by atomic mass is 32.2. The van der Waals surface area contributed by atoms with Crippen LogP contribution in [0, 0.1) is 12.7 Å². The smallest absolute Gasteiger partial charge is 0.270 e. The molecule has 0 aliphatic heterocycles. The minimum atomic E-state index is -4.37. The summed E-state index contributed by atoms with van der Waals surface area (Å²) in [5.74, 6) is -1.75. The van der Waals surface area contributed by atoms with Crippen LogP contribution >= 0.6 is 0 Å². The number of carbonyl (C=O) groups is 2. The Morgan fingerprint density at radius 2 is 1.73 bits per heavy atom. The van der Waals surface area contributed by atoms with Crippen LogP contribution in [0.1, 0.15) is 28.5 Å². The van der Waals surface area contributed by atoms with Crippen molar-refractivity contribution in [1.29, 1.82) is 0 Å². The second kappa shape index (κ2) is 12.5. The Balaban J connectivity index is 1.67. The van der Waals surface area contributed by atoms with Gasteiger partial charge >= 0.3 is 0 Å². The molecule has 2 atom stereocenters. The lowest BCUT2D eigenvalue weighted by Crippen LogP contribution is -2.51. The molecular formula is C30H30FN3O5S. The molecule has 0 aliphatic rings. The van der Waals surface area contributed by atoms with E-state index < -0.39 is 52.8 Å². The van der Waals surface area contributed by atoms with Gasteiger partial charge in [-0.1, -0.05) is 60.7 Å². The molecule has 3 aromatic carbocycles. The number of hydrogen-bond acceptors (Lipinski definition) is 6. The van der Waals surface area contributed by atoms with Crippen molar-refractivity contribution >= 4 is 32.5 Å². The Kier molecular flexibility index (Phi) is 9.03. The number of amides is 1. The fourth-order valence-corrected chi connectivity index (χ4v) is 6.23. The summed E-state index contributed by atoms with van der Waals surface area (Å²) in [7, 11) is -4.37. The number of benzene rings is 3. The lowest BCUT2D eigenvalue weighted by molar-refractivity contribution is -0.117. The third kappa shape index (κ3) is 6.77. The number of ketones is 1. The van der Waals surface area contributed by atoms with Crippen molar-refractivity contribution in [3.05, 3.63) is 108 Å². The van der Waals surface area contributed by atoms with Gasteiger partial charge in [-0.15, -0.1) is 0 Å². The number of Topliss-reactive ketones (excluding diaryl/α,β-unsaturated/α-hetero) is 1. The number of pyridine rings is 1. The van der Waals surface area contributed by atoms with E-state index >= 15 is 0 Å². The summed E-state index contributed by atoms with van der Waals surface area (Å²) in [6, 6.07) is 20.5. The van der Waals surface area contributed by atoms with Gasteiger partial charge in [0.15, 0.2) is 0 Å². The molecule has 4 rings (SSSR count). The summed E-state index contributed by atoms with van der Waals surface area (Å²) >= 11 is 0. The van der Waals surface area contributed by atoms with E-state index in [0.717, 1.165) is 27.4 Å². The van der Waals surface area contributed by atoms with Gasteiger partial charge in [-0.2, -0.15) is 4.31 Å². The van der Waals surface area contributed by atoms with Crippen molar-refractivity contribution in [2.75, 3.05) is 13.1 Å². The van der Waals surface area contributed by atoms with Gasteiger partial charge in [0.2, 0.25) is 10.0 Å². The SMILES string of the molecule is CC(=O)CN(C[C@@H](O)[C@H](Cc1ccccc1)NC(=O)c1nccc2ccccc12)S(=O)(=O)c1cc(F)ccc1C. The van der Waals surface area contributed by atoms with Crippen LogP contribution < -0.4 is 5.32 Å². The number of nitrogens with one attached hydrogen (secondary N) is 1. The molecule has 0 saturated carbocycles. The fraction of sp³-hybridized carbons (Fsp3) is 0.233. The standard InChI is InChI=1S/C30H30FN3O5S/c1-20-12-13-24(31)17-28(20)40(38,39)34(18-21(2)35)19-27(36)26(16-22-8-4-3-5-9-22)33-30(37)29-25-11-7-6-10-23(25)14-15-32-29/h3-15,17,26-27,36H,16,18-19H2,1-2H3,(H,33,37)/t26-,27+/m0/s1. The molecule has 1 aromatic heterocycles. The maximum atomic E-state index is 14.0. The number of rotatable bonds is 11. The number of sulfonamides is 1. The molecule has 2 N–H and O–H groups in total. The molecule has 0 aliphatic carbocycles. The predicted molar refractivity (Wildman–Crippen MR) is 150 cm³/mol. The van der Waals surface area contributed by atoms with Crippen molar-refractivity contribution in [2.24, 2.45) is 0 Å². The van der Waals surface area contributed by atoms with Crippen LogP contribution in [0.2, 0.25) is 0 Å². The molecule has 0 fully saturated rings. The highest BCUT2D eigenvalue weighted by Crippen LogP contribution is 2.23. The van der Waals surface area contributed by atoms with E-state index in [2.05, 4.69) is 10.3 Å². The van der Waals surface area contributed by atoms with E-state index in [0.29, 0.717) is 10.9 Å². The number of aromatic nitrogens is 1. The average Bonchev–Trinajstić information content (AvgIpc) is 2.93. The van der Waals surface area contributed by atoms with Crippen molar-refractivity contribution in [1.82, 2.24) is 14.6 Å². The Labute approximate surface area is 232 Å². The van der Waals surface area contributed by atoms with Crippen LogP contribution in [0.4, 0.5) is 4.39 Å². The Morgan fingerprint density at radius 1 is 1.02 bits per heavy atom. The summed E-state index contributed by atoms with van der Waals surface area (Å²) in [6.07, 6.45) is 0.260. The second-order valence-corrected chi connectivity index (χ2v) is 11.5. The largest absolute Gasteiger partial charge is 0.390 e. The van der Waals surface area contributed by atoms with E-state index in [1.807, 2.05) is 42.5 Å². The summed E-state index contributed by atoms with van der Waals surface area (Å²) in [4.78, 5) is 29.4. The molecule has 0 unspecified atom stereocenters. The first-order valence-electron chi connectivity index (χ1n) is 12.7. The monoisotopic (exact) mass is 563 g/mol. The zero-order valence-electron chi connectivity index (χ0n) is 22.1. The Morgan fingerprint density at radius 3 is 2.45 bits per heavy atom. The highest BCUT2D eigenvalue weighted by Gasteiger charge is 2.33. The fourth-order valence-electron chi connectivity index (χ4n) is 4.51. The van der Waals surface area contributed by atoms with Crippen LogP contribution in [-0.4, -0.2) is 59.7 Å². The molecule has 208 valence electrons. The second-order valence-electron chi connectivity index (χ2n) is 9.63. The van der Waals surface area contributed by atoms with Gasteiger partial charge in [0.05, 0.1) is 23.6 Å². The lowest BCUT2D eigenvalue weighted by atomic mass is 10.0. The number of halogens is 1. The lowest BCUT2D eigenvalue weighted by Gasteiger charge is -2.29. The maximum Gasteiger partial charge on any atom is 0.270 e. The number of carbonyl (C=O) groups excluding carboxylic acids is 2. The maximum absolute atomic E-state index is 14.0. The molecule has 0 radical (unpaired) electrons. The van der Waals surface area contributed by atoms with Gasteiger partial charge in [-0.25, -0.2) is 12.8 Å². The molecule has 1 amide bonds. The zero-order valence-corrected chi connectivity index (χ0v) is 22.9. The van der Waals surface area contributed by atoms with E-state index in [-0.39, 0.29) is 17.0 Å². The van der Waals surface area contributed by atoms with Gasteiger partial charge in [-0.05, 0) is 55.0 Å². The number of aliphatic hydroxyl groups excluding tert-OH is 1. The first kappa shape index (κ1) is 29.0. The molecule has 0 saturated heterocycles. The van der Waals surface area contributed by atoms with Crippen LogP contribution in [0.25, 0.3) is 10.8 Å². The predicted octanol–water partition coefficient (Wildman–Crippen LogP) is 3.66. The minimum Gasteiger partial charge on any atom is -0.390 e. The molecule has 4 aromatic rings. The average molecular weight is 564 g/mol. The molecule has 8 nitrogen and oxygen atoms in total. The van der Waals surface area contributed by atoms with E-state index in [9.17, 15) is 27.5 Å². The number of nitrogens with zero attached hydrogens (tertiary/aromatic N) is 2. The summed E-state index contributed by atoms with van der Waals surface area (Å²) in [5.41, 5.74) is 1.24. The number of fused-ring (bicyclic) bond motifs is 1. The highest BCUT2D eigenvalue weighted by molar-refractivity contribution is 7.89. The third-order valence-corrected chi connectivity index (χ3v) is 8.48. The van der Waals surface area contributed by atoms with Gasteiger partial charge in [0, 0.05) is 18.1 Å². The van der Waals surface area contributed by atoms with E-state index in [1.165, 1.54) is 26.1 Å². The Bertz CT molecular complexity index is 1620. The van der Waals surface area contributed by atoms with E-state index in [4.69, 9.17) is 0 Å². The first-order chi connectivity index (χ1) is 19.1. The topological polar surface area (TPSA) is 117 Å². The number of aliphatic hydroxyl groups is 1. The quantitative estimate of drug-likeness (QED) is 0.288. The number of hydrogen-bond donors (Lipinski definition) is 2. The van der Waals surface area contributed by atoms with Crippen molar-refractivity contribution in [3.8, 4) is 0 Å². The van der Waals surface area contributed by atoms with Crippen LogP contribution in [0.3, 0.4) is 0 Å². The summed E-state index contributed by atoms with van der Waals surface area (Å²) in [5, 5.41) is 15.6. The Hall–Kier alpha value is -3.99. The molecule has 0 bridgehead atoms. The van der Waals surface area contributed by atoms with Gasteiger partial charge in [0.1, 0.15) is 17.3 Å². The van der Waals surface area contributed by atoms with Gasteiger partial charge < -0.3 is 10.4 Å². The third-order valence-electron chi connectivity index (χ3n) is 6.53. The van der Waals surface area contributed by atoms with Crippen molar-refractivity contribution in [3.63, 3.8) is 0 Å². The molecular weight excluding hydrogens is 533 g/mol. The molecule has 40 heavy (non-hydrogen) atoms. The zero-order chi connectivity index (χ0) is 28.9. The van der Waals surface area contributed by atoms with Gasteiger partial charge in [-0.3, -0.25) is 14.6 Å². The van der Waals surface area contributed by atoms with Crippen molar-refractivity contribution in [2.45, 2.75) is 37.3 Å². The molecule has 1 heterocycles. The first-order valence-corrected chi connectivity index (χ1v) is 14.1. The normalized spacial score (nSPS) is 13.2. The van der Waals surface area contributed by atoms with E-state index in [1.54, 1.807) is 18.2 Å². The van der Waals surface area contributed by atoms with Crippen LogP contribution in [-0.2, 0) is 21.2 Å².